The maximum atomic E-state index is 11.9. The van der Waals surface area contributed by atoms with Crippen molar-refractivity contribution in [1.82, 2.24) is 19.9 Å². The number of rotatable bonds is 5. The third kappa shape index (κ3) is 14.6. The monoisotopic (exact) mass is 728 g/mol. The molecule has 5 rings (SSSR count). The summed E-state index contributed by atoms with van der Waals surface area (Å²) in [6, 6.07) is 12.8. The molecule has 1 aromatic carbocycles. The number of hydrogen-bond acceptors (Lipinski definition) is 10. The van der Waals surface area contributed by atoms with E-state index in [2.05, 4.69) is 24.1 Å². The van der Waals surface area contributed by atoms with Crippen LogP contribution in [0.15, 0.2) is 70.2 Å². The van der Waals surface area contributed by atoms with Crippen LogP contribution < -0.4 is 29.6 Å². The van der Waals surface area contributed by atoms with Gasteiger partial charge in [0.2, 0.25) is 0 Å². The van der Waals surface area contributed by atoms with Gasteiger partial charge < -0.3 is 6.41 Å². The van der Waals surface area contributed by atoms with Crippen molar-refractivity contribution in [3.63, 3.8) is 0 Å². The molecule has 0 fully saturated rings. The van der Waals surface area contributed by atoms with E-state index >= 15 is 0 Å². The van der Waals surface area contributed by atoms with E-state index in [9.17, 15) is 34.8 Å². The number of H-pyrrole nitrogens is 1. The number of alkyl halides is 6. The molecular weight excluding hydrogens is 702 g/mol. The molecule has 4 aromatic heterocycles. The number of pyridine rings is 2. The number of thioether (sulfide) groups is 1. The van der Waals surface area contributed by atoms with Crippen molar-refractivity contribution in [2.24, 2.45) is 0 Å². The molecule has 19 heteroatoms. The number of thiazole rings is 2. The van der Waals surface area contributed by atoms with E-state index in [1.54, 1.807) is 42.8 Å². The summed E-state index contributed by atoms with van der Waals surface area (Å²) in [4.78, 5) is 14.7. The van der Waals surface area contributed by atoms with Crippen LogP contribution in [0.1, 0.15) is 21.8 Å². The number of nitrogens with one attached hydrogen (secondary N) is 1. The van der Waals surface area contributed by atoms with E-state index in [1.165, 1.54) is 35.6 Å². The van der Waals surface area contributed by atoms with Gasteiger partial charge in [-0.25, -0.2) is 15.0 Å². The predicted octanol–water partition coefficient (Wildman–Crippen LogP) is 6.35. The number of halogens is 6. The maximum absolute atomic E-state index is 11.9. The van der Waals surface area contributed by atoms with E-state index in [0.29, 0.717) is 21.7 Å². The number of hydrogen-bond donors (Lipinski definition) is 1. The Balaban J connectivity index is 0. The van der Waals surface area contributed by atoms with E-state index in [-0.39, 0.29) is 50.7 Å². The van der Waals surface area contributed by atoms with Gasteiger partial charge in [0.1, 0.15) is 5.65 Å². The fraction of sp³-hybridized carbons (Fsp3) is 0.280. The minimum atomic E-state index is -4.67. The summed E-state index contributed by atoms with van der Waals surface area (Å²) in [6.45, 7) is -0.0871. The fourth-order valence-corrected chi connectivity index (χ4v) is 6.39. The van der Waals surface area contributed by atoms with Crippen molar-refractivity contribution >= 4 is 77.5 Å². The molecule has 238 valence electrons. The zero-order valence-electron chi connectivity index (χ0n) is 22.6. The molecule has 0 aliphatic heterocycles. The molecule has 0 saturated carbocycles. The van der Waals surface area contributed by atoms with Crippen LogP contribution in [0.5, 0.6) is 0 Å². The first kappa shape index (κ1) is 42.4. The zero-order valence-corrected chi connectivity index (χ0v) is 27.6. The first-order valence-electron chi connectivity index (χ1n) is 11.0. The molecule has 1 N–H and O–H groups in total. The molecule has 0 aliphatic rings. The Hall–Kier alpha value is -1.64. The van der Waals surface area contributed by atoms with Gasteiger partial charge >= 0.3 is 41.9 Å². The van der Waals surface area contributed by atoms with Crippen LogP contribution in [0, 0.1) is 10.9 Å². The average molecular weight is 729 g/mol. The summed E-state index contributed by atoms with van der Waals surface area (Å²) >= 11 is 8.41. The third-order valence-electron chi connectivity index (χ3n) is 4.39. The standard InChI is InChI=1S/C9H9F3O3S.C8H5F3N2S2.C6H4N2S2.2CH4.Na.H/c1-7-2-4-8(5-3-7)16(13,14)15-6-9(10,11)12;9-8(10,11)4-14-7-13-6-5(15-7)2-1-3-12-6;9-6-8-5-4(10-6)2-1-3-7-5;;;;/h2-5H,6H2,1H3;1-3H,4H2;1-3H,(H,7,8,9);2*1H4;;/q;;;;;+1;-1. The van der Waals surface area contributed by atoms with Gasteiger partial charge in [0, 0.05) is 12.4 Å². The quantitative estimate of drug-likeness (QED) is 0.0736. The minimum Gasteiger partial charge on any atom is -1.00 e. The minimum absolute atomic E-state index is 0. The number of benzene rings is 1. The molecule has 4 heterocycles. The van der Waals surface area contributed by atoms with Gasteiger partial charge in [0.05, 0.1) is 20.0 Å². The molecule has 0 radical (unpaired) electrons. The summed E-state index contributed by atoms with van der Waals surface area (Å²) < 4.78 is 101. The molecule has 0 amide bonds. The number of aromatic nitrogens is 4. The second-order valence-electron chi connectivity index (χ2n) is 7.72. The molecule has 0 aliphatic carbocycles. The fourth-order valence-electron chi connectivity index (χ4n) is 2.66. The van der Waals surface area contributed by atoms with Crippen LogP contribution in [0.3, 0.4) is 0 Å². The Bertz CT molecular complexity index is 1680. The van der Waals surface area contributed by atoms with Gasteiger partial charge in [0.25, 0.3) is 10.1 Å². The summed E-state index contributed by atoms with van der Waals surface area (Å²) in [7, 11) is -4.33. The van der Waals surface area contributed by atoms with E-state index in [0.717, 1.165) is 24.6 Å². The van der Waals surface area contributed by atoms with Crippen LogP contribution >= 0.6 is 46.7 Å². The zero-order chi connectivity index (χ0) is 30.3. The summed E-state index contributed by atoms with van der Waals surface area (Å²) in [5.74, 6) is -0.910. The summed E-state index contributed by atoms with van der Waals surface area (Å²) in [6.07, 6.45) is -5.51. The molecule has 0 bridgehead atoms. The van der Waals surface area contributed by atoms with Crippen LogP contribution in [-0.4, -0.2) is 53.1 Å². The van der Waals surface area contributed by atoms with Crippen molar-refractivity contribution in [3.05, 3.63) is 70.4 Å². The van der Waals surface area contributed by atoms with E-state index < -0.39 is 34.8 Å². The molecule has 0 atom stereocenters. The molecule has 0 spiro atoms. The second kappa shape index (κ2) is 18.5. The van der Waals surface area contributed by atoms with Crippen LogP contribution in [0.4, 0.5) is 26.3 Å². The Labute approximate surface area is 291 Å². The smallest absolute Gasteiger partial charge is 1.00 e. The van der Waals surface area contributed by atoms with Crippen LogP contribution in [-0.2, 0) is 14.3 Å². The van der Waals surface area contributed by atoms with E-state index in [4.69, 9.17) is 12.2 Å². The molecule has 44 heavy (non-hydrogen) atoms. The first-order chi connectivity index (χ1) is 19.1. The first-order valence-corrected chi connectivity index (χ1v) is 15.4. The summed E-state index contributed by atoms with van der Waals surface area (Å²) in [5.41, 5.74) is 2.19. The van der Waals surface area contributed by atoms with Gasteiger partial charge in [-0.15, -0.1) is 22.7 Å². The Kier molecular flexibility index (Phi) is 17.8. The van der Waals surface area contributed by atoms with E-state index in [1.807, 2.05) is 12.1 Å². The topological polar surface area (TPSA) is 97.8 Å². The summed E-state index contributed by atoms with van der Waals surface area (Å²) in [5, 5.41) is 0. The van der Waals surface area contributed by atoms with Gasteiger partial charge in [-0.1, -0.05) is 44.3 Å². The molecule has 7 nitrogen and oxygen atoms in total. The van der Waals surface area contributed by atoms with Crippen molar-refractivity contribution in [1.29, 1.82) is 0 Å². The Morgan fingerprint density at radius 3 is 2.07 bits per heavy atom. The Morgan fingerprint density at radius 1 is 0.932 bits per heavy atom. The van der Waals surface area contributed by atoms with Gasteiger partial charge in [-0.2, -0.15) is 34.8 Å². The largest absolute Gasteiger partial charge is 1.00 e. The Morgan fingerprint density at radius 2 is 1.52 bits per heavy atom. The van der Waals surface area contributed by atoms with Crippen molar-refractivity contribution in [2.75, 3.05) is 12.4 Å². The van der Waals surface area contributed by atoms with Crippen LogP contribution in [0.25, 0.3) is 20.7 Å². The van der Waals surface area contributed by atoms with Gasteiger partial charge in [0.15, 0.2) is 20.5 Å². The number of fused-ring (bicyclic) bond motifs is 2. The number of nitrogens with zero attached hydrogens (tertiary/aromatic N) is 3. The van der Waals surface area contributed by atoms with Crippen molar-refractivity contribution < 1.29 is 69.9 Å². The molecule has 5 aromatic rings. The predicted molar refractivity (Wildman–Crippen MR) is 164 cm³/mol. The second-order valence-corrected chi connectivity index (χ2v) is 13.3. The molecule has 0 unspecified atom stereocenters. The average Bonchev–Trinajstić information content (AvgIpc) is 3.49. The van der Waals surface area contributed by atoms with Gasteiger partial charge in [-0.3, -0.25) is 4.18 Å². The van der Waals surface area contributed by atoms with Crippen molar-refractivity contribution in [3.8, 4) is 0 Å². The number of aromatic amines is 1. The molecule has 0 saturated heterocycles. The SMILES string of the molecule is C.C.Cc1ccc(S(=O)(=O)OCC(F)(F)F)cc1.FC(F)(F)CSc1nc2ncccc2s1.S=c1[nH]c2ncccc2s1.[H-].[Na+]. The van der Waals surface area contributed by atoms with Crippen LogP contribution in [0.2, 0.25) is 0 Å². The van der Waals surface area contributed by atoms with Gasteiger partial charge in [-0.05, 0) is 55.5 Å². The maximum Gasteiger partial charge on any atom is 1.00 e. The van der Waals surface area contributed by atoms with Crippen molar-refractivity contribution in [2.45, 2.75) is 43.4 Å². The normalized spacial score (nSPS) is 11.2. The molecular formula is C25H27F6N4NaO3S5. The third-order valence-corrected chi connectivity index (χ3v) is 9.07. The number of aryl methyl sites for hydroxylation is 1.